The van der Waals surface area contributed by atoms with Gasteiger partial charge in [0.15, 0.2) is 0 Å². The molecule has 0 saturated carbocycles. The number of fused-ring (bicyclic) bond motifs is 1. The van der Waals surface area contributed by atoms with Crippen LogP contribution in [0.2, 0.25) is 0 Å². The first kappa shape index (κ1) is 21.5. The molecule has 0 unspecified atom stereocenters. The minimum absolute atomic E-state index is 0.00403. The van der Waals surface area contributed by atoms with Crippen molar-refractivity contribution in [1.82, 2.24) is 14.8 Å². The van der Waals surface area contributed by atoms with Gasteiger partial charge in [0.25, 0.3) is 11.9 Å². The van der Waals surface area contributed by atoms with Crippen LogP contribution in [0.4, 0.5) is 11.9 Å². The molecule has 7 heteroatoms. The number of anilines is 2. The quantitative estimate of drug-likeness (QED) is 0.399. The highest BCUT2D eigenvalue weighted by Crippen LogP contribution is 2.38. The predicted octanol–water partition coefficient (Wildman–Crippen LogP) is 5.08. The van der Waals surface area contributed by atoms with E-state index in [9.17, 15) is 4.79 Å². The van der Waals surface area contributed by atoms with Crippen molar-refractivity contribution in [3.63, 3.8) is 0 Å². The molecule has 5 rings (SSSR count). The molecule has 7 nitrogen and oxygen atoms in total. The Balaban J connectivity index is 1.37. The fourth-order valence-corrected chi connectivity index (χ4v) is 4.13. The van der Waals surface area contributed by atoms with E-state index in [1.807, 2.05) is 65.3 Å². The molecule has 4 aromatic rings. The zero-order valence-corrected chi connectivity index (χ0v) is 18.8. The minimum Gasteiger partial charge on any atom is -0.497 e. The van der Waals surface area contributed by atoms with Gasteiger partial charge in [-0.15, -0.1) is 5.10 Å². The van der Waals surface area contributed by atoms with E-state index in [1.165, 1.54) is 11.6 Å². The largest absolute Gasteiger partial charge is 0.497 e. The molecule has 2 heterocycles. The van der Waals surface area contributed by atoms with Crippen molar-refractivity contribution in [2.24, 2.45) is 0 Å². The summed E-state index contributed by atoms with van der Waals surface area (Å²) in [5.41, 5.74) is 3.23. The number of nitrogens with zero attached hydrogens (tertiary/aromatic N) is 3. The summed E-state index contributed by atoms with van der Waals surface area (Å²) in [6.07, 6.45) is 4.02. The Labute approximate surface area is 198 Å². The van der Waals surface area contributed by atoms with Gasteiger partial charge in [-0.05, 0) is 41.3 Å². The monoisotopic (exact) mass is 451 g/mol. The van der Waals surface area contributed by atoms with E-state index in [0.29, 0.717) is 5.95 Å². The number of rotatable bonds is 6. The summed E-state index contributed by atoms with van der Waals surface area (Å²) in [6, 6.07) is 28.1. The lowest BCUT2D eigenvalue weighted by Crippen LogP contribution is -2.28. The van der Waals surface area contributed by atoms with Crippen LogP contribution in [0.1, 0.15) is 35.2 Å². The molecule has 0 spiro atoms. The third-order valence-corrected chi connectivity index (χ3v) is 5.85. The van der Waals surface area contributed by atoms with Crippen molar-refractivity contribution in [1.29, 1.82) is 0 Å². The van der Waals surface area contributed by atoms with Gasteiger partial charge in [0, 0.05) is 6.08 Å². The van der Waals surface area contributed by atoms with Crippen LogP contribution in [0.5, 0.6) is 5.75 Å². The molecule has 1 aromatic heterocycles. The molecule has 1 aliphatic heterocycles. The van der Waals surface area contributed by atoms with Crippen LogP contribution in [0.25, 0.3) is 6.08 Å². The van der Waals surface area contributed by atoms with E-state index in [2.05, 4.69) is 45.0 Å². The van der Waals surface area contributed by atoms with Crippen molar-refractivity contribution in [2.75, 3.05) is 17.7 Å². The van der Waals surface area contributed by atoms with Crippen molar-refractivity contribution in [3.8, 4) is 5.75 Å². The zero-order chi connectivity index (χ0) is 23.3. The van der Waals surface area contributed by atoms with Gasteiger partial charge >= 0.3 is 0 Å². The van der Waals surface area contributed by atoms with E-state index in [0.717, 1.165) is 23.3 Å². The molecule has 1 amide bonds. The Bertz CT molecular complexity index is 1280. The minimum atomic E-state index is -0.297. The first-order valence-electron chi connectivity index (χ1n) is 11.2. The van der Waals surface area contributed by atoms with E-state index in [4.69, 9.17) is 4.74 Å². The topological polar surface area (TPSA) is 81.1 Å². The van der Waals surface area contributed by atoms with Gasteiger partial charge in [-0.2, -0.15) is 4.98 Å². The SMILES string of the molecule is COc1ccc(/C=C/C(=O)Nc2nc3n(n2)[C@@H](c2ccccc2)C[C@H](c2ccccc2)N3)cc1. The Morgan fingerprint density at radius 1 is 1.00 bits per heavy atom. The molecule has 0 bridgehead atoms. The molecule has 1 aliphatic rings. The third kappa shape index (κ3) is 4.68. The molecular weight excluding hydrogens is 426 g/mol. The summed E-state index contributed by atoms with van der Waals surface area (Å²) >= 11 is 0. The van der Waals surface area contributed by atoms with Crippen LogP contribution >= 0.6 is 0 Å². The maximum atomic E-state index is 12.5. The predicted molar refractivity (Wildman–Crippen MR) is 133 cm³/mol. The second-order valence-electron chi connectivity index (χ2n) is 8.07. The lowest BCUT2D eigenvalue weighted by molar-refractivity contribution is -0.111. The Kier molecular flexibility index (Phi) is 6.07. The number of carbonyl (C=O) groups is 1. The van der Waals surface area contributed by atoms with E-state index in [1.54, 1.807) is 13.2 Å². The number of aromatic nitrogens is 3. The number of ether oxygens (including phenoxy) is 1. The highest BCUT2D eigenvalue weighted by Gasteiger charge is 2.31. The molecule has 0 radical (unpaired) electrons. The first-order valence-corrected chi connectivity index (χ1v) is 11.2. The molecule has 34 heavy (non-hydrogen) atoms. The second kappa shape index (κ2) is 9.62. The fraction of sp³-hybridized carbons (Fsp3) is 0.148. The highest BCUT2D eigenvalue weighted by atomic mass is 16.5. The van der Waals surface area contributed by atoms with E-state index < -0.39 is 0 Å². The van der Waals surface area contributed by atoms with Gasteiger partial charge in [0.1, 0.15) is 5.75 Å². The van der Waals surface area contributed by atoms with Gasteiger partial charge in [0.2, 0.25) is 5.95 Å². The number of methoxy groups -OCH3 is 1. The van der Waals surface area contributed by atoms with Crippen LogP contribution < -0.4 is 15.4 Å². The van der Waals surface area contributed by atoms with Crippen LogP contribution in [0.15, 0.2) is 91.0 Å². The molecule has 170 valence electrons. The number of nitrogens with one attached hydrogen (secondary N) is 2. The summed E-state index contributed by atoms with van der Waals surface area (Å²) < 4.78 is 7.02. The van der Waals surface area contributed by atoms with Gasteiger partial charge < -0.3 is 10.1 Å². The van der Waals surface area contributed by atoms with Crippen molar-refractivity contribution >= 4 is 23.9 Å². The molecule has 2 N–H and O–H groups in total. The van der Waals surface area contributed by atoms with Crippen molar-refractivity contribution in [3.05, 3.63) is 108 Å². The average molecular weight is 452 g/mol. The summed E-state index contributed by atoms with van der Waals surface area (Å²) in [5, 5.41) is 10.9. The Morgan fingerprint density at radius 3 is 2.35 bits per heavy atom. The maximum absolute atomic E-state index is 12.5. The third-order valence-electron chi connectivity index (χ3n) is 5.85. The summed E-state index contributed by atoms with van der Waals surface area (Å²) in [6.45, 7) is 0. The molecule has 2 atom stereocenters. The maximum Gasteiger partial charge on any atom is 0.250 e. The summed E-state index contributed by atoms with van der Waals surface area (Å²) in [7, 11) is 1.62. The highest BCUT2D eigenvalue weighted by molar-refractivity contribution is 6.00. The standard InChI is InChI=1S/C27H25N5O2/c1-34-22-15-12-19(13-16-22)14-17-25(33)29-26-30-27-28-23(20-8-4-2-5-9-20)18-24(32(27)31-26)21-10-6-3-7-11-21/h2-17,23-24H,18H2,1H3,(H2,28,29,30,31,33)/b17-14+/t23-,24-/m1/s1. The van der Waals surface area contributed by atoms with Gasteiger partial charge in [-0.3, -0.25) is 10.1 Å². The fourth-order valence-electron chi connectivity index (χ4n) is 4.13. The molecule has 0 saturated heterocycles. The number of amides is 1. The van der Waals surface area contributed by atoms with E-state index in [-0.39, 0.29) is 23.9 Å². The summed E-state index contributed by atoms with van der Waals surface area (Å²) in [5.74, 6) is 1.36. The smallest absolute Gasteiger partial charge is 0.250 e. The number of hydrogen-bond acceptors (Lipinski definition) is 5. The molecule has 3 aromatic carbocycles. The van der Waals surface area contributed by atoms with Gasteiger partial charge in [-0.1, -0.05) is 72.8 Å². The van der Waals surface area contributed by atoms with Crippen molar-refractivity contribution in [2.45, 2.75) is 18.5 Å². The number of carbonyl (C=O) groups excluding carboxylic acids is 1. The molecule has 0 aliphatic carbocycles. The van der Waals surface area contributed by atoms with Crippen LogP contribution in [-0.2, 0) is 4.79 Å². The molecular formula is C27H25N5O2. The second-order valence-corrected chi connectivity index (χ2v) is 8.07. The molecule has 0 fully saturated rings. The lowest BCUT2D eigenvalue weighted by Gasteiger charge is -2.31. The first-order chi connectivity index (χ1) is 16.7. The van der Waals surface area contributed by atoms with Gasteiger partial charge in [0.05, 0.1) is 19.2 Å². The van der Waals surface area contributed by atoms with Crippen LogP contribution in [-0.4, -0.2) is 27.8 Å². The van der Waals surface area contributed by atoms with Crippen molar-refractivity contribution < 1.29 is 9.53 Å². The van der Waals surface area contributed by atoms with E-state index >= 15 is 0 Å². The van der Waals surface area contributed by atoms with Crippen LogP contribution in [0, 0.1) is 0 Å². The Morgan fingerprint density at radius 2 is 1.68 bits per heavy atom. The lowest BCUT2D eigenvalue weighted by atomic mass is 9.93. The number of hydrogen-bond donors (Lipinski definition) is 2. The summed E-state index contributed by atoms with van der Waals surface area (Å²) in [4.78, 5) is 17.1. The number of benzene rings is 3. The average Bonchev–Trinajstić information content (AvgIpc) is 3.30. The normalized spacial score (nSPS) is 17.1. The van der Waals surface area contributed by atoms with Gasteiger partial charge in [-0.25, -0.2) is 4.68 Å². The van der Waals surface area contributed by atoms with Crippen LogP contribution in [0.3, 0.4) is 0 Å². The Hall–Kier alpha value is -4.39. The zero-order valence-electron chi connectivity index (χ0n) is 18.8.